The molecule has 0 atom stereocenters. The summed E-state index contributed by atoms with van der Waals surface area (Å²) in [6, 6.07) is 3.58. The van der Waals surface area contributed by atoms with Gasteiger partial charge in [-0.05, 0) is 25.0 Å². The van der Waals surface area contributed by atoms with E-state index in [2.05, 4.69) is 10.3 Å². The highest BCUT2D eigenvalue weighted by Crippen LogP contribution is 2.12. The Balaban J connectivity index is 2.21. The van der Waals surface area contributed by atoms with Crippen molar-refractivity contribution in [2.24, 2.45) is 5.73 Å². The van der Waals surface area contributed by atoms with Gasteiger partial charge in [-0.1, -0.05) is 0 Å². The van der Waals surface area contributed by atoms with Crippen LogP contribution in [-0.4, -0.2) is 17.4 Å². The molecule has 82 valence electrons. The molecule has 0 spiro atoms. The van der Waals surface area contributed by atoms with Crippen LogP contribution < -0.4 is 16.8 Å². The number of nitrogens with one attached hydrogen (secondary N) is 1. The number of unbranched alkanes of at least 4 members (excludes halogenated alkanes) is 1. The number of hydrogen-bond donors (Lipinski definition) is 3. The van der Waals surface area contributed by atoms with Gasteiger partial charge in [-0.15, -0.1) is 0 Å². The Kier molecular flexibility index (Phi) is 4.40. The molecule has 0 aliphatic heterocycles. The fourth-order valence-electron chi connectivity index (χ4n) is 1.20. The number of nitrogen functional groups attached to an aromatic ring is 1. The standard InChI is InChI=1S/C10H16N4O/c11-8-4-3-7-14-10(8)13-6-2-1-5-9(12)15/h3-4,7H,1-2,5-6,11H2,(H2,12,15)(H,13,14). The van der Waals surface area contributed by atoms with Crippen molar-refractivity contribution in [1.82, 2.24) is 4.98 Å². The van der Waals surface area contributed by atoms with E-state index >= 15 is 0 Å². The van der Waals surface area contributed by atoms with Crippen LogP contribution in [0.2, 0.25) is 0 Å². The maximum absolute atomic E-state index is 10.5. The monoisotopic (exact) mass is 208 g/mol. The smallest absolute Gasteiger partial charge is 0.217 e. The number of hydrogen-bond acceptors (Lipinski definition) is 4. The Hall–Kier alpha value is -1.78. The van der Waals surface area contributed by atoms with Crippen molar-refractivity contribution in [3.8, 4) is 0 Å². The lowest BCUT2D eigenvalue weighted by atomic mass is 10.2. The highest BCUT2D eigenvalue weighted by Gasteiger charge is 1.98. The molecule has 0 unspecified atom stereocenters. The van der Waals surface area contributed by atoms with Crippen molar-refractivity contribution < 1.29 is 4.79 Å². The SMILES string of the molecule is NC(=O)CCCCNc1ncccc1N. The number of nitrogens with zero attached hydrogens (tertiary/aromatic N) is 1. The van der Waals surface area contributed by atoms with Gasteiger partial charge in [-0.3, -0.25) is 4.79 Å². The Bertz CT molecular complexity index is 327. The largest absolute Gasteiger partial charge is 0.396 e. The second-order valence-corrected chi connectivity index (χ2v) is 3.29. The van der Waals surface area contributed by atoms with E-state index in [-0.39, 0.29) is 5.91 Å². The summed E-state index contributed by atoms with van der Waals surface area (Å²) in [4.78, 5) is 14.5. The topological polar surface area (TPSA) is 94.0 Å². The predicted molar refractivity (Wildman–Crippen MR) is 60.2 cm³/mol. The molecule has 5 N–H and O–H groups in total. The zero-order valence-corrected chi connectivity index (χ0v) is 8.57. The molecule has 1 aromatic heterocycles. The molecule has 5 heteroatoms. The first-order chi connectivity index (χ1) is 7.20. The lowest BCUT2D eigenvalue weighted by Gasteiger charge is -2.06. The van der Waals surface area contributed by atoms with Crippen molar-refractivity contribution in [2.75, 3.05) is 17.6 Å². The highest BCUT2D eigenvalue weighted by atomic mass is 16.1. The second kappa shape index (κ2) is 5.85. The quantitative estimate of drug-likeness (QED) is 0.601. The highest BCUT2D eigenvalue weighted by molar-refractivity contribution is 5.73. The van der Waals surface area contributed by atoms with Gasteiger partial charge in [0.1, 0.15) is 5.82 Å². The molecule has 0 saturated carbocycles. The Morgan fingerprint density at radius 3 is 2.93 bits per heavy atom. The Labute approximate surface area is 88.9 Å². The number of aromatic nitrogens is 1. The molecular weight excluding hydrogens is 192 g/mol. The minimum atomic E-state index is -0.257. The van der Waals surface area contributed by atoms with Gasteiger partial charge in [0.25, 0.3) is 0 Å². The molecule has 0 fully saturated rings. The van der Waals surface area contributed by atoms with E-state index < -0.39 is 0 Å². The van der Waals surface area contributed by atoms with Crippen molar-refractivity contribution in [3.05, 3.63) is 18.3 Å². The maximum atomic E-state index is 10.5. The molecular formula is C10H16N4O. The average molecular weight is 208 g/mol. The van der Waals surface area contributed by atoms with Crippen LogP contribution in [0.1, 0.15) is 19.3 Å². The van der Waals surface area contributed by atoms with E-state index in [9.17, 15) is 4.79 Å². The molecule has 0 aliphatic rings. The fraction of sp³-hybridized carbons (Fsp3) is 0.400. The minimum absolute atomic E-state index is 0.257. The zero-order chi connectivity index (χ0) is 11.1. The molecule has 15 heavy (non-hydrogen) atoms. The number of nitrogens with two attached hydrogens (primary N) is 2. The summed E-state index contributed by atoms with van der Waals surface area (Å²) in [5.74, 6) is 0.434. The first kappa shape index (κ1) is 11.3. The van der Waals surface area contributed by atoms with Crippen LogP contribution in [-0.2, 0) is 4.79 Å². The first-order valence-corrected chi connectivity index (χ1v) is 4.93. The summed E-state index contributed by atoms with van der Waals surface area (Å²) in [7, 11) is 0. The molecule has 0 radical (unpaired) electrons. The van der Waals surface area contributed by atoms with Crippen LogP contribution in [0, 0.1) is 0 Å². The van der Waals surface area contributed by atoms with E-state index in [1.54, 1.807) is 18.3 Å². The number of pyridine rings is 1. The van der Waals surface area contributed by atoms with Gasteiger partial charge in [0.15, 0.2) is 0 Å². The van der Waals surface area contributed by atoms with E-state index in [0.29, 0.717) is 17.9 Å². The second-order valence-electron chi connectivity index (χ2n) is 3.29. The summed E-state index contributed by atoms with van der Waals surface area (Å²) in [6.45, 7) is 0.745. The van der Waals surface area contributed by atoms with E-state index in [4.69, 9.17) is 11.5 Å². The normalized spacial score (nSPS) is 9.87. The molecule has 5 nitrogen and oxygen atoms in total. The Morgan fingerprint density at radius 2 is 2.27 bits per heavy atom. The number of carbonyl (C=O) groups excluding carboxylic acids is 1. The minimum Gasteiger partial charge on any atom is -0.396 e. The predicted octanol–water partition coefficient (Wildman–Crippen LogP) is 0.731. The molecule has 0 aromatic carbocycles. The zero-order valence-electron chi connectivity index (χ0n) is 8.57. The summed E-state index contributed by atoms with van der Waals surface area (Å²) in [6.07, 6.45) is 3.77. The molecule has 1 amide bonds. The van der Waals surface area contributed by atoms with E-state index in [0.717, 1.165) is 19.4 Å². The molecule has 0 aliphatic carbocycles. The summed E-state index contributed by atoms with van der Waals surface area (Å²) >= 11 is 0. The molecule has 1 rings (SSSR count). The molecule has 0 saturated heterocycles. The lowest BCUT2D eigenvalue weighted by molar-refractivity contribution is -0.118. The third-order valence-electron chi connectivity index (χ3n) is 1.98. The third kappa shape index (κ3) is 4.30. The molecule has 1 aromatic rings. The van der Waals surface area contributed by atoms with Gasteiger partial charge in [0.2, 0.25) is 5.91 Å². The van der Waals surface area contributed by atoms with Crippen LogP contribution in [0.3, 0.4) is 0 Å². The van der Waals surface area contributed by atoms with Crippen LogP contribution in [0.15, 0.2) is 18.3 Å². The molecule has 1 heterocycles. The van der Waals surface area contributed by atoms with Gasteiger partial charge in [-0.25, -0.2) is 4.98 Å². The van der Waals surface area contributed by atoms with Crippen molar-refractivity contribution in [1.29, 1.82) is 0 Å². The van der Waals surface area contributed by atoms with Crippen molar-refractivity contribution >= 4 is 17.4 Å². The van der Waals surface area contributed by atoms with Crippen LogP contribution in [0.4, 0.5) is 11.5 Å². The summed E-state index contributed by atoms with van der Waals surface area (Å²) in [5, 5.41) is 3.10. The summed E-state index contributed by atoms with van der Waals surface area (Å²) in [5.41, 5.74) is 11.3. The van der Waals surface area contributed by atoms with E-state index in [1.165, 1.54) is 0 Å². The third-order valence-corrected chi connectivity index (χ3v) is 1.98. The fourth-order valence-corrected chi connectivity index (χ4v) is 1.20. The number of amides is 1. The lowest BCUT2D eigenvalue weighted by Crippen LogP contribution is -2.11. The number of anilines is 2. The molecule has 0 bridgehead atoms. The maximum Gasteiger partial charge on any atom is 0.217 e. The van der Waals surface area contributed by atoms with Crippen molar-refractivity contribution in [2.45, 2.75) is 19.3 Å². The van der Waals surface area contributed by atoms with Crippen molar-refractivity contribution in [3.63, 3.8) is 0 Å². The van der Waals surface area contributed by atoms with Gasteiger partial charge in [0.05, 0.1) is 5.69 Å². The average Bonchev–Trinajstić information content (AvgIpc) is 2.20. The van der Waals surface area contributed by atoms with Crippen LogP contribution in [0.25, 0.3) is 0 Å². The van der Waals surface area contributed by atoms with Gasteiger partial charge in [0, 0.05) is 19.2 Å². The number of rotatable bonds is 6. The summed E-state index contributed by atoms with van der Waals surface area (Å²) < 4.78 is 0. The Morgan fingerprint density at radius 1 is 1.47 bits per heavy atom. The van der Waals surface area contributed by atoms with Gasteiger partial charge < -0.3 is 16.8 Å². The van der Waals surface area contributed by atoms with Crippen LogP contribution >= 0.6 is 0 Å². The first-order valence-electron chi connectivity index (χ1n) is 4.93. The van der Waals surface area contributed by atoms with Gasteiger partial charge >= 0.3 is 0 Å². The number of carbonyl (C=O) groups is 1. The number of primary amides is 1. The van der Waals surface area contributed by atoms with E-state index in [1.807, 2.05) is 0 Å². The van der Waals surface area contributed by atoms with Gasteiger partial charge in [-0.2, -0.15) is 0 Å². The van der Waals surface area contributed by atoms with Crippen LogP contribution in [0.5, 0.6) is 0 Å².